The van der Waals surface area contributed by atoms with Crippen LogP contribution in [0.15, 0.2) is 47.6 Å². The second kappa shape index (κ2) is 9.46. The molecule has 32 heavy (non-hydrogen) atoms. The van der Waals surface area contributed by atoms with Crippen LogP contribution in [0.25, 0.3) is 0 Å². The van der Waals surface area contributed by atoms with E-state index in [0.717, 1.165) is 11.1 Å². The van der Waals surface area contributed by atoms with Crippen LogP contribution in [0.3, 0.4) is 0 Å². The lowest BCUT2D eigenvalue weighted by molar-refractivity contribution is -0.131. The van der Waals surface area contributed by atoms with Crippen molar-refractivity contribution in [3.8, 4) is 0 Å². The molecule has 1 saturated heterocycles. The molecule has 0 saturated carbocycles. The molecule has 1 fully saturated rings. The van der Waals surface area contributed by atoms with Gasteiger partial charge in [0.2, 0.25) is 17.7 Å². The van der Waals surface area contributed by atoms with Gasteiger partial charge in [-0.25, -0.2) is 0 Å². The van der Waals surface area contributed by atoms with Crippen molar-refractivity contribution in [3.63, 3.8) is 0 Å². The Morgan fingerprint density at radius 1 is 1.12 bits per heavy atom. The van der Waals surface area contributed by atoms with E-state index in [0.29, 0.717) is 30.5 Å². The van der Waals surface area contributed by atoms with Crippen molar-refractivity contribution in [3.05, 3.63) is 58.7 Å². The minimum absolute atomic E-state index is 0.00703. The third-order valence-corrected chi connectivity index (χ3v) is 5.54. The van der Waals surface area contributed by atoms with Gasteiger partial charge in [0.05, 0.1) is 6.54 Å². The van der Waals surface area contributed by atoms with E-state index < -0.39 is 11.4 Å². The Morgan fingerprint density at radius 3 is 2.53 bits per heavy atom. The number of nitrogens with one attached hydrogen (secondary N) is 5. The van der Waals surface area contributed by atoms with Gasteiger partial charge in [-0.2, -0.15) is 0 Å². The van der Waals surface area contributed by atoms with Crippen LogP contribution >= 0.6 is 0 Å². The molecule has 0 radical (unpaired) electrons. The highest BCUT2D eigenvalue weighted by Crippen LogP contribution is 2.26. The molecule has 0 spiro atoms. The Morgan fingerprint density at radius 2 is 1.91 bits per heavy atom. The quantitative estimate of drug-likeness (QED) is 0.204. The summed E-state index contributed by atoms with van der Waals surface area (Å²) in [5.41, 5.74) is 12.7. The summed E-state index contributed by atoms with van der Waals surface area (Å²) in [5, 5.41) is 23.1. The normalized spacial score (nSPS) is 19.6. The zero-order valence-corrected chi connectivity index (χ0v) is 17.6. The van der Waals surface area contributed by atoms with Gasteiger partial charge < -0.3 is 27.4 Å². The van der Waals surface area contributed by atoms with Crippen LogP contribution < -0.4 is 27.4 Å². The van der Waals surface area contributed by atoms with Crippen LogP contribution in [0.1, 0.15) is 30.4 Å². The van der Waals surface area contributed by atoms with E-state index in [1.165, 1.54) is 0 Å². The lowest BCUT2D eigenvalue weighted by Crippen LogP contribution is -2.57. The number of carbonyl (C=O) groups is 3. The standard InChI is InChI=1S/C22H27N7O3/c23-19(24)15-3-1-2-13(8-15)10-22(7-6-17(30)29-22)21(32)28-12-18(31)27-11-14-4-5-16(9-14)20(25)26/h1-5,8H,6-7,9-12H2,(H3,23,24)(H3,25,26)(H,27,31)(H,28,32)(H,29,30)/t22-/m1/s1. The lowest BCUT2D eigenvalue weighted by Gasteiger charge is -2.28. The molecule has 168 valence electrons. The van der Waals surface area contributed by atoms with Crippen molar-refractivity contribution in [2.45, 2.75) is 31.2 Å². The van der Waals surface area contributed by atoms with Gasteiger partial charge in [-0.15, -0.1) is 0 Å². The van der Waals surface area contributed by atoms with Gasteiger partial charge in [0, 0.05) is 24.9 Å². The molecular formula is C22H27N7O3. The molecule has 10 heteroatoms. The van der Waals surface area contributed by atoms with Gasteiger partial charge in [0.25, 0.3) is 0 Å². The van der Waals surface area contributed by atoms with Crippen molar-refractivity contribution in [2.75, 3.05) is 13.1 Å². The average Bonchev–Trinajstić information content (AvgIpc) is 3.38. The summed E-state index contributed by atoms with van der Waals surface area (Å²) in [5.74, 6) is -1.11. The van der Waals surface area contributed by atoms with Gasteiger partial charge in [0.15, 0.2) is 0 Å². The third-order valence-electron chi connectivity index (χ3n) is 5.54. The third kappa shape index (κ3) is 5.39. The SMILES string of the molecule is N=C(N)C1=CC=C(CNC(=O)CNC(=O)[C@]2(Cc3cccc(C(=N)N)c3)CCC(=O)N2)C1. The first kappa shape index (κ1) is 22.7. The summed E-state index contributed by atoms with van der Waals surface area (Å²) in [7, 11) is 0. The fourth-order valence-electron chi connectivity index (χ4n) is 3.79. The molecule has 0 aromatic heterocycles. The largest absolute Gasteiger partial charge is 0.384 e. The summed E-state index contributed by atoms with van der Waals surface area (Å²) < 4.78 is 0. The predicted molar refractivity (Wildman–Crippen MR) is 120 cm³/mol. The smallest absolute Gasteiger partial charge is 0.246 e. The second-order valence-electron chi connectivity index (χ2n) is 7.99. The fraction of sp³-hybridized carbons (Fsp3) is 0.318. The van der Waals surface area contributed by atoms with E-state index in [-0.39, 0.29) is 42.9 Å². The molecule has 1 heterocycles. The maximum atomic E-state index is 13.0. The van der Waals surface area contributed by atoms with Crippen LogP contribution in [0.2, 0.25) is 0 Å². The van der Waals surface area contributed by atoms with E-state index in [1.54, 1.807) is 30.3 Å². The molecule has 1 aliphatic carbocycles. The lowest BCUT2D eigenvalue weighted by atomic mass is 9.87. The summed E-state index contributed by atoms with van der Waals surface area (Å²) in [6.45, 7) is 0.0614. The number of nitrogens with two attached hydrogens (primary N) is 2. The van der Waals surface area contributed by atoms with Crippen molar-refractivity contribution < 1.29 is 14.4 Å². The number of amides is 3. The zero-order chi connectivity index (χ0) is 23.3. The van der Waals surface area contributed by atoms with Crippen molar-refractivity contribution in [1.82, 2.24) is 16.0 Å². The maximum absolute atomic E-state index is 13.0. The van der Waals surface area contributed by atoms with Crippen LogP contribution in [0, 0.1) is 10.8 Å². The molecule has 0 bridgehead atoms. The summed E-state index contributed by atoms with van der Waals surface area (Å²) in [4.78, 5) is 37.1. The molecule has 10 nitrogen and oxygen atoms in total. The number of amidine groups is 2. The highest BCUT2D eigenvalue weighted by atomic mass is 16.2. The average molecular weight is 438 g/mol. The summed E-state index contributed by atoms with van der Waals surface area (Å²) in [6, 6.07) is 6.96. The first-order valence-corrected chi connectivity index (χ1v) is 10.2. The highest BCUT2D eigenvalue weighted by Gasteiger charge is 2.44. The van der Waals surface area contributed by atoms with Gasteiger partial charge in [0.1, 0.15) is 17.2 Å². The number of allylic oxidation sites excluding steroid dienone is 2. The molecule has 1 aromatic rings. The number of hydrogen-bond donors (Lipinski definition) is 7. The van der Waals surface area contributed by atoms with Crippen molar-refractivity contribution >= 4 is 29.4 Å². The first-order valence-electron chi connectivity index (χ1n) is 10.2. The topological polar surface area (TPSA) is 187 Å². The number of hydrogen-bond acceptors (Lipinski definition) is 5. The minimum atomic E-state index is -1.17. The molecule has 1 aliphatic heterocycles. The summed E-state index contributed by atoms with van der Waals surface area (Å²) in [6.07, 6.45) is 4.81. The van der Waals surface area contributed by atoms with E-state index in [1.807, 2.05) is 6.08 Å². The van der Waals surface area contributed by atoms with E-state index in [2.05, 4.69) is 16.0 Å². The molecule has 2 aliphatic rings. The van der Waals surface area contributed by atoms with Crippen LogP contribution in [0.5, 0.6) is 0 Å². The molecule has 0 unspecified atom stereocenters. The Bertz CT molecular complexity index is 1040. The highest BCUT2D eigenvalue weighted by molar-refractivity contribution is 5.98. The maximum Gasteiger partial charge on any atom is 0.246 e. The fourth-order valence-corrected chi connectivity index (χ4v) is 3.79. The van der Waals surface area contributed by atoms with Crippen molar-refractivity contribution in [2.24, 2.45) is 11.5 Å². The van der Waals surface area contributed by atoms with E-state index in [4.69, 9.17) is 22.3 Å². The molecule has 3 rings (SSSR count). The number of nitrogen functional groups attached to an aromatic ring is 1. The number of carbonyl (C=O) groups excluding carboxylic acids is 3. The van der Waals surface area contributed by atoms with Crippen LogP contribution in [-0.2, 0) is 20.8 Å². The van der Waals surface area contributed by atoms with Crippen LogP contribution in [0.4, 0.5) is 0 Å². The van der Waals surface area contributed by atoms with Crippen molar-refractivity contribution in [1.29, 1.82) is 10.8 Å². The van der Waals surface area contributed by atoms with E-state index >= 15 is 0 Å². The Labute approximate surface area is 185 Å². The van der Waals surface area contributed by atoms with E-state index in [9.17, 15) is 14.4 Å². The molecule has 9 N–H and O–H groups in total. The molecule has 3 amide bonds. The zero-order valence-electron chi connectivity index (χ0n) is 17.6. The minimum Gasteiger partial charge on any atom is -0.384 e. The Kier molecular flexibility index (Phi) is 6.72. The second-order valence-corrected chi connectivity index (χ2v) is 7.99. The van der Waals surface area contributed by atoms with Gasteiger partial charge in [-0.05, 0) is 35.6 Å². The number of benzene rings is 1. The van der Waals surface area contributed by atoms with Gasteiger partial charge in [-0.3, -0.25) is 25.2 Å². The van der Waals surface area contributed by atoms with Gasteiger partial charge >= 0.3 is 0 Å². The van der Waals surface area contributed by atoms with Gasteiger partial charge in [-0.1, -0.05) is 30.4 Å². The molecular weight excluding hydrogens is 410 g/mol. The first-order chi connectivity index (χ1) is 15.2. The van der Waals surface area contributed by atoms with Crippen LogP contribution in [-0.4, -0.2) is 48.0 Å². The molecule has 1 aromatic carbocycles. The number of rotatable bonds is 9. The Balaban J connectivity index is 1.57. The predicted octanol–water partition coefficient (Wildman–Crippen LogP) is -0.413. The summed E-state index contributed by atoms with van der Waals surface area (Å²) >= 11 is 0. The Hall–Kier alpha value is -3.95. The monoisotopic (exact) mass is 437 g/mol. The molecule has 1 atom stereocenters.